The average Bonchev–Trinajstić information content (AvgIpc) is 3.27. The van der Waals surface area contributed by atoms with Crippen molar-refractivity contribution in [3.63, 3.8) is 0 Å². The number of carboxylic acids is 1. The summed E-state index contributed by atoms with van der Waals surface area (Å²) in [6.45, 7) is 4.10. The minimum absolute atomic E-state index is 0.0780. The number of rotatable bonds is 11. The van der Waals surface area contributed by atoms with E-state index in [1.807, 2.05) is 44.2 Å². The van der Waals surface area contributed by atoms with Gasteiger partial charge in [-0.05, 0) is 30.7 Å². The quantitative estimate of drug-likeness (QED) is 0.295. The van der Waals surface area contributed by atoms with Gasteiger partial charge in [-0.1, -0.05) is 44.2 Å². The molecule has 0 aliphatic carbocycles. The van der Waals surface area contributed by atoms with Crippen LogP contribution in [0, 0.1) is 5.92 Å². The van der Waals surface area contributed by atoms with E-state index in [0.717, 1.165) is 5.56 Å². The Morgan fingerprint density at radius 3 is 2.39 bits per heavy atom. The number of nitrogens with two attached hydrogens (primary N) is 1. The highest BCUT2D eigenvalue weighted by Gasteiger charge is 2.39. The summed E-state index contributed by atoms with van der Waals surface area (Å²) < 4.78 is 0. The Kier molecular flexibility index (Phi) is 10.2. The molecule has 1 aromatic carbocycles. The first-order valence-electron chi connectivity index (χ1n) is 11.2. The molecule has 3 amide bonds. The van der Waals surface area contributed by atoms with Crippen LogP contribution in [0.1, 0.15) is 38.7 Å². The predicted octanol–water partition coefficient (Wildman–Crippen LogP) is 0.578. The van der Waals surface area contributed by atoms with E-state index in [4.69, 9.17) is 5.73 Å². The molecule has 1 aliphatic rings. The highest BCUT2D eigenvalue weighted by atomic mass is 32.1. The monoisotopic (exact) mass is 478 g/mol. The van der Waals surface area contributed by atoms with E-state index in [1.165, 1.54) is 4.90 Å². The van der Waals surface area contributed by atoms with Crippen molar-refractivity contribution in [3.8, 4) is 0 Å². The minimum Gasteiger partial charge on any atom is -0.480 e. The van der Waals surface area contributed by atoms with Crippen LogP contribution in [0.4, 0.5) is 0 Å². The van der Waals surface area contributed by atoms with Gasteiger partial charge in [0.1, 0.15) is 18.1 Å². The summed E-state index contributed by atoms with van der Waals surface area (Å²) in [4.78, 5) is 51.8. The maximum absolute atomic E-state index is 13.5. The molecule has 182 valence electrons. The van der Waals surface area contributed by atoms with Gasteiger partial charge < -0.3 is 26.4 Å². The zero-order chi connectivity index (χ0) is 24.5. The molecular formula is C23H34N4O5S. The smallest absolute Gasteiger partial charge is 0.326 e. The number of carboxylic acid groups (broad SMARTS) is 1. The Hall–Kier alpha value is -2.59. The second kappa shape index (κ2) is 12.6. The van der Waals surface area contributed by atoms with Crippen molar-refractivity contribution in [1.82, 2.24) is 15.5 Å². The third-order valence-corrected chi connectivity index (χ3v) is 5.98. The first kappa shape index (κ1) is 26.7. The number of thiol groups is 1. The summed E-state index contributed by atoms with van der Waals surface area (Å²) in [6.07, 6.45) is 1.55. The second-order valence-corrected chi connectivity index (χ2v) is 9.12. The standard InChI is InChI=1S/C23H34N4O5S/c1-14(2)11-18(23(31)32)26-21(29)19-9-6-10-27(19)22(30)17(25-20(28)16(24)13-33)12-15-7-4-3-5-8-15/h3-5,7-8,14,16-19,33H,6,9-13,24H2,1-2H3,(H,25,28)(H,26,29)(H,31,32). The van der Waals surface area contributed by atoms with Crippen LogP contribution < -0.4 is 16.4 Å². The van der Waals surface area contributed by atoms with Crippen LogP contribution in [0.5, 0.6) is 0 Å². The Labute approximate surface area is 199 Å². The van der Waals surface area contributed by atoms with Gasteiger partial charge in [0.25, 0.3) is 0 Å². The zero-order valence-electron chi connectivity index (χ0n) is 19.1. The van der Waals surface area contributed by atoms with Crippen LogP contribution in [-0.4, -0.2) is 70.2 Å². The van der Waals surface area contributed by atoms with Crippen molar-refractivity contribution in [2.45, 2.75) is 63.7 Å². The van der Waals surface area contributed by atoms with Gasteiger partial charge in [-0.2, -0.15) is 12.6 Å². The molecule has 10 heteroatoms. The molecule has 0 aromatic heterocycles. The Balaban J connectivity index is 2.19. The molecule has 9 nitrogen and oxygen atoms in total. The topological polar surface area (TPSA) is 142 Å². The summed E-state index contributed by atoms with van der Waals surface area (Å²) in [5, 5.41) is 14.7. The van der Waals surface area contributed by atoms with Crippen LogP contribution in [0.25, 0.3) is 0 Å². The van der Waals surface area contributed by atoms with Crippen molar-refractivity contribution in [2.24, 2.45) is 11.7 Å². The van der Waals surface area contributed by atoms with E-state index in [0.29, 0.717) is 19.4 Å². The summed E-state index contributed by atoms with van der Waals surface area (Å²) in [5.74, 6) is -2.30. The molecule has 33 heavy (non-hydrogen) atoms. The van der Waals surface area contributed by atoms with Gasteiger partial charge in [-0.3, -0.25) is 14.4 Å². The summed E-state index contributed by atoms with van der Waals surface area (Å²) in [6, 6.07) is 5.63. The lowest BCUT2D eigenvalue weighted by Crippen LogP contribution is -2.57. The fourth-order valence-electron chi connectivity index (χ4n) is 3.88. The highest BCUT2D eigenvalue weighted by molar-refractivity contribution is 7.80. The molecule has 1 saturated heterocycles. The minimum atomic E-state index is -1.11. The molecule has 0 saturated carbocycles. The Morgan fingerprint density at radius 1 is 1.15 bits per heavy atom. The van der Waals surface area contributed by atoms with Gasteiger partial charge in [-0.15, -0.1) is 0 Å². The van der Waals surface area contributed by atoms with Gasteiger partial charge in [0, 0.05) is 18.7 Å². The largest absolute Gasteiger partial charge is 0.480 e. The van der Waals surface area contributed by atoms with Crippen molar-refractivity contribution in [3.05, 3.63) is 35.9 Å². The molecule has 5 N–H and O–H groups in total. The molecule has 4 unspecified atom stereocenters. The maximum atomic E-state index is 13.5. The van der Waals surface area contributed by atoms with E-state index < -0.39 is 47.9 Å². The second-order valence-electron chi connectivity index (χ2n) is 8.76. The molecule has 0 bridgehead atoms. The fraction of sp³-hybridized carbons (Fsp3) is 0.565. The molecule has 0 radical (unpaired) electrons. The van der Waals surface area contributed by atoms with E-state index in [-0.39, 0.29) is 24.5 Å². The van der Waals surface area contributed by atoms with E-state index >= 15 is 0 Å². The van der Waals surface area contributed by atoms with E-state index in [2.05, 4.69) is 23.3 Å². The molecule has 4 atom stereocenters. The first-order valence-corrected chi connectivity index (χ1v) is 11.8. The van der Waals surface area contributed by atoms with Crippen LogP contribution in [0.15, 0.2) is 30.3 Å². The molecular weight excluding hydrogens is 444 g/mol. The molecule has 1 aliphatic heterocycles. The molecule has 1 aromatic rings. The Morgan fingerprint density at radius 2 is 1.82 bits per heavy atom. The molecule has 0 spiro atoms. The van der Waals surface area contributed by atoms with Crippen molar-refractivity contribution >= 4 is 36.3 Å². The lowest BCUT2D eigenvalue weighted by molar-refractivity contribution is -0.145. The maximum Gasteiger partial charge on any atom is 0.326 e. The highest BCUT2D eigenvalue weighted by Crippen LogP contribution is 2.20. The molecule has 2 rings (SSSR count). The number of amides is 3. The number of nitrogens with one attached hydrogen (secondary N) is 2. The summed E-state index contributed by atoms with van der Waals surface area (Å²) >= 11 is 4.05. The lowest BCUT2D eigenvalue weighted by Gasteiger charge is -2.30. The predicted molar refractivity (Wildman–Crippen MR) is 128 cm³/mol. The van der Waals surface area contributed by atoms with Gasteiger partial charge in [0.05, 0.1) is 6.04 Å². The van der Waals surface area contributed by atoms with Crippen molar-refractivity contribution < 1.29 is 24.3 Å². The van der Waals surface area contributed by atoms with Gasteiger partial charge in [0.2, 0.25) is 17.7 Å². The molecule has 1 fully saturated rings. The number of hydrogen-bond acceptors (Lipinski definition) is 6. The Bertz CT molecular complexity index is 835. The van der Waals surface area contributed by atoms with Crippen LogP contribution in [-0.2, 0) is 25.6 Å². The summed E-state index contributed by atoms with van der Waals surface area (Å²) in [7, 11) is 0. The van der Waals surface area contributed by atoms with Gasteiger partial charge in [-0.25, -0.2) is 4.79 Å². The summed E-state index contributed by atoms with van der Waals surface area (Å²) in [5.41, 5.74) is 6.62. The SMILES string of the molecule is CC(C)CC(NC(=O)C1CCCN1C(=O)C(Cc1ccccc1)NC(=O)C(N)CS)C(=O)O. The number of benzene rings is 1. The van der Waals surface area contributed by atoms with Gasteiger partial charge >= 0.3 is 5.97 Å². The number of nitrogens with zero attached hydrogens (tertiary/aromatic N) is 1. The van der Waals surface area contributed by atoms with E-state index in [1.54, 1.807) is 0 Å². The van der Waals surface area contributed by atoms with E-state index in [9.17, 15) is 24.3 Å². The van der Waals surface area contributed by atoms with Crippen molar-refractivity contribution in [2.75, 3.05) is 12.3 Å². The number of carbonyl (C=O) groups is 4. The average molecular weight is 479 g/mol. The van der Waals surface area contributed by atoms with Gasteiger partial charge in [0.15, 0.2) is 0 Å². The molecule has 1 heterocycles. The number of hydrogen-bond donors (Lipinski definition) is 5. The normalized spacial score (nSPS) is 18.5. The lowest BCUT2D eigenvalue weighted by atomic mass is 10.0. The third kappa shape index (κ3) is 7.75. The first-order chi connectivity index (χ1) is 15.6. The number of aliphatic carboxylic acids is 1. The fourth-order valence-corrected chi connectivity index (χ4v) is 4.04. The zero-order valence-corrected chi connectivity index (χ0v) is 20.0. The van der Waals surface area contributed by atoms with Crippen LogP contribution in [0.2, 0.25) is 0 Å². The van der Waals surface area contributed by atoms with Crippen molar-refractivity contribution in [1.29, 1.82) is 0 Å². The number of likely N-dealkylation sites (tertiary alicyclic amines) is 1. The van der Waals surface area contributed by atoms with Crippen LogP contribution in [0.3, 0.4) is 0 Å². The number of carbonyl (C=O) groups excluding carboxylic acids is 3. The third-order valence-electron chi connectivity index (χ3n) is 5.59. The van der Waals surface area contributed by atoms with Crippen LogP contribution >= 0.6 is 12.6 Å².